The van der Waals surface area contributed by atoms with E-state index >= 15 is 0 Å². The van der Waals surface area contributed by atoms with Crippen molar-refractivity contribution < 1.29 is 4.39 Å². The highest BCUT2D eigenvalue weighted by molar-refractivity contribution is 7.09. The van der Waals surface area contributed by atoms with E-state index in [9.17, 15) is 4.39 Å². The van der Waals surface area contributed by atoms with Crippen LogP contribution in [0.4, 0.5) is 9.52 Å². The number of benzene rings is 1. The average Bonchev–Trinajstić information content (AvgIpc) is 2.73. The van der Waals surface area contributed by atoms with Crippen LogP contribution in [0.15, 0.2) is 24.3 Å². The molecule has 0 amide bonds. The first kappa shape index (κ1) is 13.5. The van der Waals surface area contributed by atoms with Gasteiger partial charge in [-0.05, 0) is 30.7 Å². The Morgan fingerprint density at radius 2 is 2.25 bits per heavy atom. The van der Waals surface area contributed by atoms with Gasteiger partial charge in [0.25, 0.3) is 0 Å². The SMILES string of the molecule is Fc1cccc(Cc2nsc(N3CCCNCC3)n2)c1. The minimum absolute atomic E-state index is 0.212. The topological polar surface area (TPSA) is 41.1 Å². The van der Waals surface area contributed by atoms with E-state index in [-0.39, 0.29) is 5.82 Å². The lowest BCUT2D eigenvalue weighted by atomic mass is 10.1. The molecule has 3 rings (SSSR count). The number of hydrogen-bond acceptors (Lipinski definition) is 5. The van der Waals surface area contributed by atoms with Gasteiger partial charge in [-0.15, -0.1) is 0 Å². The standard InChI is InChI=1S/C14H17FN4S/c15-12-4-1-3-11(9-12)10-13-17-14(20-18-13)19-7-2-5-16-6-8-19/h1,3-4,9,16H,2,5-8,10H2. The van der Waals surface area contributed by atoms with Crippen molar-refractivity contribution in [2.75, 3.05) is 31.1 Å². The molecule has 0 bridgehead atoms. The summed E-state index contributed by atoms with van der Waals surface area (Å²) in [5.41, 5.74) is 0.909. The number of rotatable bonds is 3. The molecule has 1 aromatic carbocycles. The molecule has 1 N–H and O–H groups in total. The van der Waals surface area contributed by atoms with Crippen molar-refractivity contribution in [1.29, 1.82) is 0 Å². The van der Waals surface area contributed by atoms with Crippen molar-refractivity contribution in [3.05, 3.63) is 41.5 Å². The molecule has 1 aromatic heterocycles. The summed E-state index contributed by atoms with van der Waals surface area (Å²) >= 11 is 1.43. The number of halogens is 1. The molecule has 2 heterocycles. The summed E-state index contributed by atoms with van der Waals surface area (Å²) in [5.74, 6) is 0.560. The molecule has 1 fully saturated rings. The molecule has 0 atom stereocenters. The van der Waals surface area contributed by atoms with Crippen LogP contribution in [0.5, 0.6) is 0 Å². The van der Waals surface area contributed by atoms with Crippen LogP contribution in [0.2, 0.25) is 0 Å². The highest BCUT2D eigenvalue weighted by Gasteiger charge is 2.14. The maximum absolute atomic E-state index is 13.2. The molecule has 0 spiro atoms. The molecule has 0 saturated carbocycles. The molecule has 1 saturated heterocycles. The summed E-state index contributed by atoms with van der Waals surface area (Å²) in [6.45, 7) is 4.03. The van der Waals surface area contributed by atoms with E-state index in [4.69, 9.17) is 0 Å². The van der Waals surface area contributed by atoms with Gasteiger partial charge in [-0.3, -0.25) is 0 Å². The van der Waals surface area contributed by atoms with Crippen molar-refractivity contribution in [2.24, 2.45) is 0 Å². The Morgan fingerprint density at radius 1 is 1.30 bits per heavy atom. The molecule has 0 unspecified atom stereocenters. The van der Waals surface area contributed by atoms with Crippen LogP contribution in [-0.2, 0) is 6.42 Å². The summed E-state index contributed by atoms with van der Waals surface area (Å²) in [4.78, 5) is 6.85. The van der Waals surface area contributed by atoms with Crippen LogP contribution < -0.4 is 10.2 Å². The number of nitrogens with zero attached hydrogens (tertiary/aromatic N) is 3. The normalized spacial score (nSPS) is 16.1. The Bertz CT molecular complexity index is 564. The fourth-order valence-corrected chi connectivity index (χ4v) is 3.05. The number of nitrogens with one attached hydrogen (secondary N) is 1. The van der Waals surface area contributed by atoms with Crippen molar-refractivity contribution in [3.8, 4) is 0 Å². The maximum Gasteiger partial charge on any atom is 0.205 e. The largest absolute Gasteiger partial charge is 0.346 e. The molecule has 1 aliphatic rings. The second-order valence-electron chi connectivity index (χ2n) is 4.89. The van der Waals surface area contributed by atoms with E-state index in [1.807, 2.05) is 6.07 Å². The molecule has 0 radical (unpaired) electrons. The predicted octanol–water partition coefficient (Wildman–Crippen LogP) is 2.07. The second kappa shape index (κ2) is 6.28. The molecule has 20 heavy (non-hydrogen) atoms. The summed E-state index contributed by atoms with van der Waals surface area (Å²) in [6.07, 6.45) is 1.71. The van der Waals surface area contributed by atoms with E-state index < -0.39 is 0 Å². The van der Waals surface area contributed by atoms with Gasteiger partial charge >= 0.3 is 0 Å². The maximum atomic E-state index is 13.2. The van der Waals surface area contributed by atoms with Gasteiger partial charge in [0.1, 0.15) is 11.6 Å². The number of anilines is 1. The van der Waals surface area contributed by atoms with Gasteiger partial charge in [-0.25, -0.2) is 9.37 Å². The van der Waals surface area contributed by atoms with Crippen LogP contribution in [0, 0.1) is 5.82 Å². The first-order chi connectivity index (χ1) is 9.81. The number of hydrogen-bond donors (Lipinski definition) is 1. The van der Waals surface area contributed by atoms with Crippen LogP contribution in [-0.4, -0.2) is 35.5 Å². The quantitative estimate of drug-likeness (QED) is 0.940. The monoisotopic (exact) mass is 292 g/mol. The fraction of sp³-hybridized carbons (Fsp3) is 0.429. The first-order valence-electron chi connectivity index (χ1n) is 6.84. The third kappa shape index (κ3) is 3.32. The zero-order valence-corrected chi connectivity index (χ0v) is 12.0. The first-order valence-corrected chi connectivity index (χ1v) is 7.61. The van der Waals surface area contributed by atoms with Gasteiger partial charge in [0.2, 0.25) is 5.13 Å². The summed E-state index contributed by atoms with van der Waals surface area (Å²) in [6, 6.07) is 6.61. The van der Waals surface area contributed by atoms with Gasteiger partial charge in [0, 0.05) is 37.6 Å². The van der Waals surface area contributed by atoms with E-state index in [2.05, 4.69) is 19.6 Å². The van der Waals surface area contributed by atoms with Crippen molar-refractivity contribution in [2.45, 2.75) is 12.8 Å². The zero-order chi connectivity index (χ0) is 13.8. The third-order valence-corrected chi connectivity index (χ3v) is 4.13. The van der Waals surface area contributed by atoms with Gasteiger partial charge in [-0.2, -0.15) is 4.37 Å². The summed E-state index contributed by atoms with van der Waals surface area (Å²) < 4.78 is 17.6. The van der Waals surface area contributed by atoms with Crippen LogP contribution in [0.3, 0.4) is 0 Å². The van der Waals surface area contributed by atoms with E-state index in [1.54, 1.807) is 6.07 Å². The molecule has 6 heteroatoms. The molecule has 106 valence electrons. The van der Waals surface area contributed by atoms with Crippen LogP contribution in [0.1, 0.15) is 17.8 Å². The molecular weight excluding hydrogens is 275 g/mol. The Balaban J connectivity index is 1.70. The lowest BCUT2D eigenvalue weighted by Crippen LogP contribution is -2.27. The van der Waals surface area contributed by atoms with Crippen molar-refractivity contribution >= 4 is 16.7 Å². The molecule has 0 aliphatic carbocycles. The Kier molecular flexibility index (Phi) is 4.22. The lowest BCUT2D eigenvalue weighted by Gasteiger charge is -2.17. The highest BCUT2D eigenvalue weighted by Crippen LogP contribution is 2.19. The Hall–Kier alpha value is -1.53. The Morgan fingerprint density at radius 3 is 3.15 bits per heavy atom. The minimum Gasteiger partial charge on any atom is -0.346 e. The third-order valence-electron chi connectivity index (χ3n) is 3.32. The number of aromatic nitrogens is 2. The molecule has 1 aliphatic heterocycles. The van der Waals surface area contributed by atoms with Gasteiger partial charge in [-0.1, -0.05) is 12.1 Å². The average molecular weight is 292 g/mol. The predicted molar refractivity (Wildman–Crippen MR) is 78.8 cm³/mol. The van der Waals surface area contributed by atoms with Gasteiger partial charge in [0.05, 0.1) is 0 Å². The smallest absolute Gasteiger partial charge is 0.205 e. The van der Waals surface area contributed by atoms with E-state index in [0.717, 1.165) is 49.1 Å². The van der Waals surface area contributed by atoms with Gasteiger partial charge < -0.3 is 10.2 Å². The molecule has 2 aromatic rings. The second-order valence-corrected chi connectivity index (χ2v) is 5.62. The van der Waals surface area contributed by atoms with Crippen LogP contribution in [0.25, 0.3) is 0 Å². The molecular formula is C14H17FN4S. The van der Waals surface area contributed by atoms with Crippen molar-refractivity contribution in [1.82, 2.24) is 14.7 Å². The summed E-state index contributed by atoms with van der Waals surface area (Å²) in [7, 11) is 0. The zero-order valence-electron chi connectivity index (χ0n) is 11.2. The Labute approximate surface area is 121 Å². The fourth-order valence-electron chi connectivity index (χ4n) is 2.31. The van der Waals surface area contributed by atoms with E-state index in [1.165, 1.54) is 23.7 Å². The van der Waals surface area contributed by atoms with Crippen LogP contribution >= 0.6 is 11.5 Å². The molecule has 4 nitrogen and oxygen atoms in total. The highest BCUT2D eigenvalue weighted by atomic mass is 32.1. The lowest BCUT2D eigenvalue weighted by molar-refractivity contribution is 0.626. The minimum atomic E-state index is -0.212. The van der Waals surface area contributed by atoms with E-state index in [0.29, 0.717) is 6.42 Å². The van der Waals surface area contributed by atoms with Gasteiger partial charge in [0.15, 0.2) is 0 Å². The van der Waals surface area contributed by atoms with Crippen molar-refractivity contribution in [3.63, 3.8) is 0 Å². The summed E-state index contributed by atoms with van der Waals surface area (Å²) in [5, 5.41) is 4.35.